The molecule has 11 aliphatic rings. The number of anilines is 1. The van der Waals surface area contributed by atoms with Crippen molar-refractivity contribution in [3.8, 4) is 12.1 Å². The van der Waals surface area contributed by atoms with Crippen LogP contribution in [0.15, 0.2) is 71.6 Å². The maximum absolute atomic E-state index is 10.1. The van der Waals surface area contributed by atoms with Gasteiger partial charge in [0.25, 0.3) is 0 Å². The lowest BCUT2D eigenvalue weighted by molar-refractivity contribution is -0.0414. The molecule has 0 amide bonds. The van der Waals surface area contributed by atoms with Crippen molar-refractivity contribution in [1.82, 2.24) is 15.5 Å². The predicted octanol–water partition coefficient (Wildman–Crippen LogP) is 8.97. The topological polar surface area (TPSA) is 78.1 Å². The molecule has 2 aliphatic heterocycles. The standard InChI is InChI=1S/C48H54N6/c1-27-18-41(54(32-7-5-17-52-26-32)43-22-35-36-20-37(43)45(36)39(35)24-50)38-21-40-44-29(14-15-48(40,2)3)19-42(34-13-12-33(27)46(38)47(34)44)53(31-6-4-16-51-25-31)30-10-8-28(23-49)9-11-30/h4,8-13,16,20,27,31-32,35-36,39-40,42-43,45,51-52H,5-7,14-15,17-19,21-22,25-26H2,1-3H3/t27?,31?,32?,35-,36?,39?,40?,42?,43?,45?/m0/s1. The molecule has 10 atom stereocenters. The molecule has 13 rings (SSSR count). The molecule has 0 spiro atoms. The molecule has 4 fully saturated rings. The molecular weight excluding hydrogens is 661 g/mol. The second-order valence-electron chi connectivity index (χ2n) is 19.0. The molecule has 6 nitrogen and oxygen atoms in total. The van der Waals surface area contributed by atoms with Crippen LogP contribution in [0.3, 0.4) is 0 Å². The van der Waals surface area contributed by atoms with Crippen LogP contribution in [0.1, 0.15) is 118 Å². The third kappa shape index (κ3) is 4.59. The fraction of sp³-hybridized carbons (Fsp3) is 0.542. The fourth-order valence-corrected chi connectivity index (χ4v) is 13.4. The van der Waals surface area contributed by atoms with Crippen LogP contribution in [-0.2, 0) is 0 Å². The summed E-state index contributed by atoms with van der Waals surface area (Å²) in [5.74, 6) is 2.91. The van der Waals surface area contributed by atoms with Crippen LogP contribution in [0.2, 0.25) is 0 Å². The number of hydrogen-bond acceptors (Lipinski definition) is 6. The minimum atomic E-state index is 0.232. The molecule has 6 heteroatoms. The van der Waals surface area contributed by atoms with E-state index in [1.54, 1.807) is 44.7 Å². The van der Waals surface area contributed by atoms with Gasteiger partial charge in [0, 0.05) is 36.4 Å². The Hall–Kier alpha value is -4.26. The van der Waals surface area contributed by atoms with E-state index in [0.29, 0.717) is 47.7 Å². The van der Waals surface area contributed by atoms with Gasteiger partial charge < -0.3 is 20.4 Å². The average Bonchev–Trinajstić information content (AvgIpc) is 3.20. The molecule has 4 bridgehead atoms. The molecule has 1 saturated heterocycles. The SMILES string of the molecule is CC1CC(N(C2CCCNC2)C2C[C@@H]3C(C#N)C4C2=CC43)=C2CC3C4=C(CCC3(C)C)CC(N(c3ccc(C#N)cc3)C3CC=CNC3)c3ccc1c2c34. The summed E-state index contributed by atoms with van der Waals surface area (Å²) in [7, 11) is 0. The Balaban J connectivity index is 1.11. The lowest BCUT2D eigenvalue weighted by atomic mass is 9.41. The van der Waals surface area contributed by atoms with E-state index < -0.39 is 0 Å². The van der Waals surface area contributed by atoms with Crippen LogP contribution in [0.4, 0.5) is 5.69 Å². The quantitative estimate of drug-likeness (QED) is 0.291. The van der Waals surface area contributed by atoms with Gasteiger partial charge in [-0.05, 0) is 163 Å². The van der Waals surface area contributed by atoms with Gasteiger partial charge in [0.2, 0.25) is 0 Å². The van der Waals surface area contributed by atoms with Crippen molar-refractivity contribution in [2.45, 2.75) is 109 Å². The first-order chi connectivity index (χ1) is 26.4. The number of hydrogen-bond donors (Lipinski definition) is 2. The summed E-state index contributed by atoms with van der Waals surface area (Å²) in [6.07, 6.45) is 17.4. The third-order valence-electron chi connectivity index (χ3n) is 16.1. The van der Waals surface area contributed by atoms with E-state index in [2.05, 4.69) is 96.0 Å². The van der Waals surface area contributed by atoms with Gasteiger partial charge in [-0.25, -0.2) is 0 Å². The van der Waals surface area contributed by atoms with Crippen molar-refractivity contribution < 1.29 is 0 Å². The average molecular weight is 715 g/mol. The zero-order valence-electron chi connectivity index (χ0n) is 32.2. The first-order valence-electron chi connectivity index (χ1n) is 21.2. The molecule has 2 aromatic carbocycles. The first-order valence-corrected chi connectivity index (χ1v) is 21.2. The molecule has 0 radical (unpaired) electrons. The number of nitriles is 2. The molecular formula is C48H54N6. The van der Waals surface area contributed by atoms with Crippen molar-refractivity contribution in [2.24, 2.45) is 35.0 Å². The summed E-state index contributed by atoms with van der Waals surface area (Å²) in [5.41, 5.74) is 16.8. The summed E-state index contributed by atoms with van der Waals surface area (Å²) in [5, 5.41) is 27.2. The van der Waals surface area contributed by atoms with E-state index in [9.17, 15) is 10.5 Å². The summed E-state index contributed by atoms with van der Waals surface area (Å²) in [6.45, 7) is 10.7. The van der Waals surface area contributed by atoms with Crippen molar-refractivity contribution in [3.63, 3.8) is 0 Å². The van der Waals surface area contributed by atoms with Crippen molar-refractivity contribution >= 4 is 16.8 Å². The van der Waals surface area contributed by atoms with E-state index in [-0.39, 0.29) is 17.4 Å². The monoisotopic (exact) mass is 714 g/mol. The van der Waals surface area contributed by atoms with E-state index in [0.717, 1.165) is 57.3 Å². The van der Waals surface area contributed by atoms with E-state index in [4.69, 9.17) is 0 Å². The largest absolute Gasteiger partial charge is 0.389 e. The number of benzene rings is 2. The lowest BCUT2D eigenvalue weighted by Gasteiger charge is -2.65. The van der Waals surface area contributed by atoms with Gasteiger partial charge in [0.1, 0.15) is 0 Å². The van der Waals surface area contributed by atoms with Gasteiger partial charge in [0.05, 0.1) is 41.7 Å². The Morgan fingerprint density at radius 1 is 0.907 bits per heavy atom. The zero-order chi connectivity index (χ0) is 36.5. The highest BCUT2D eigenvalue weighted by atomic mass is 15.2. The zero-order valence-corrected chi connectivity index (χ0v) is 32.2. The fourth-order valence-electron chi connectivity index (χ4n) is 13.4. The van der Waals surface area contributed by atoms with Crippen LogP contribution < -0.4 is 15.5 Å². The summed E-state index contributed by atoms with van der Waals surface area (Å²) >= 11 is 0. The van der Waals surface area contributed by atoms with Crippen LogP contribution >= 0.6 is 0 Å². The van der Waals surface area contributed by atoms with Crippen LogP contribution in [-0.4, -0.2) is 42.7 Å². The molecule has 9 aliphatic carbocycles. The minimum Gasteiger partial charge on any atom is -0.389 e. The number of rotatable bonds is 6. The lowest BCUT2D eigenvalue weighted by Crippen LogP contribution is -2.65. The normalized spacial score (nSPS) is 36.0. The van der Waals surface area contributed by atoms with Crippen LogP contribution in [0.5, 0.6) is 0 Å². The van der Waals surface area contributed by atoms with Gasteiger partial charge in [-0.2, -0.15) is 10.5 Å². The van der Waals surface area contributed by atoms with Gasteiger partial charge in [0.15, 0.2) is 0 Å². The number of piperidine rings is 1. The summed E-state index contributed by atoms with van der Waals surface area (Å²) in [6, 6.07) is 20.1. The van der Waals surface area contributed by atoms with Crippen molar-refractivity contribution in [3.05, 3.63) is 99.4 Å². The van der Waals surface area contributed by atoms with Gasteiger partial charge in [-0.3, -0.25) is 0 Å². The molecule has 9 unspecified atom stereocenters. The maximum Gasteiger partial charge on any atom is 0.0991 e. The van der Waals surface area contributed by atoms with Gasteiger partial charge in [-0.1, -0.05) is 50.6 Å². The number of allylic oxidation sites excluding steroid dienone is 4. The molecule has 3 saturated carbocycles. The van der Waals surface area contributed by atoms with Gasteiger partial charge >= 0.3 is 0 Å². The molecule has 54 heavy (non-hydrogen) atoms. The Bertz CT molecular complexity index is 2130. The Kier molecular flexibility index (Phi) is 7.43. The highest BCUT2D eigenvalue weighted by Gasteiger charge is 2.64. The van der Waals surface area contributed by atoms with Crippen LogP contribution in [0, 0.1) is 57.7 Å². The highest BCUT2D eigenvalue weighted by molar-refractivity contribution is 5.93. The number of nitrogens with zero attached hydrogens (tertiary/aromatic N) is 4. The molecule has 0 aromatic heterocycles. The maximum atomic E-state index is 10.1. The summed E-state index contributed by atoms with van der Waals surface area (Å²) < 4.78 is 0. The van der Waals surface area contributed by atoms with E-state index in [1.807, 2.05) is 12.1 Å². The Morgan fingerprint density at radius 3 is 2.48 bits per heavy atom. The summed E-state index contributed by atoms with van der Waals surface area (Å²) in [4.78, 5) is 5.74. The molecule has 276 valence electrons. The smallest absolute Gasteiger partial charge is 0.0991 e. The van der Waals surface area contributed by atoms with Crippen molar-refractivity contribution in [1.29, 1.82) is 10.5 Å². The molecule has 2 aromatic rings. The second-order valence-corrected chi connectivity index (χ2v) is 19.0. The van der Waals surface area contributed by atoms with Gasteiger partial charge in [-0.15, -0.1) is 0 Å². The third-order valence-corrected chi connectivity index (χ3v) is 16.1. The second kappa shape index (κ2) is 12.1. The first kappa shape index (κ1) is 33.1. The minimum absolute atomic E-state index is 0.232. The molecule has 2 N–H and O–H groups in total. The van der Waals surface area contributed by atoms with E-state index >= 15 is 0 Å². The molecule has 2 heterocycles. The number of nitrogens with one attached hydrogen (secondary N) is 2. The Labute approximate surface area is 321 Å². The van der Waals surface area contributed by atoms with E-state index in [1.165, 1.54) is 36.9 Å². The Morgan fingerprint density at radius 2 is 1.76 bits per heavy atom. The highest BCUT2D eigenvalue weighted by Crippen LogP contribution is 2.67. The predicted molar refractivity (Wildman–Crippen MR) is 215 cm³/mol. The van der Waals surface area contributed by atoms with Crippen molar-refractivity contribution in [2.75, 3.05) is 24.5 Å². The van der Waals surface area contributed by atoms with Crippen LogP contribution in [0.25, 0.3) is 11.1 Å².